The molecule has 1 unspecified atom stereocenters. The molecule has 168 valence electrons. The van der Waals surface area contributed by atoms with Crippen molar-refractivity contribution in [2.24, 2.45) is 0 Å². The summed E-state index contributed by atoms with van der Waals surface area (Å²) in [6.45, 7) is 10.0. The predicted octanol–water partition coefficient (Wildman–Crippen LogP) is 5.04. The molecule has 0 radical (unpaired) electrons. The molecule has 0 heterocycles. The van der Waals surface area contributed by atoms with Crippen LogP contribution in [0, 0.1) is 5.82 Å². The van der Waals surface area contributed by atoms with Gasteiger partial charge in [-0.25, -0.2) is 4.39 Å². The van der Waals surface area contributed by atoms with Gasteiger partial charge in [-0.2, -0.15) is 0 Å². The molecule has 2 amide bonds. The van der Waals surface area contributed by atoms with Crippen molar-refractivity contribution < 1.29 is 14.0 Å². The Bertz CT molecular complexity index is 854. The van der Waals surface area contributed by atoms with E-state index in [4.69, 9.17) is 0 Å². The molecule has 0 aliphatic carbocycles. The maximum Gasteiger partial charge on any atom is 0.243 e. The molecule has 0 bridgehead atoms. The van der Waals surface area contributed by atoms with Crippen molar-refractivity contribution in [2.45, 2.75) is 78.4 Å². The molecule has 1 atom stereocenters. The largest absolute Gasteiger partial charge is 0.350 e. The second-order valence-electron chi connectivity index (χ2n) is 8.98. The Labute approximate surface area is 185 Å². The minimum Gasteiger partial charge on any atom is -0.350 e. The zero-order valence-electron chi connectivity index (χ0n) is 19.4. The highest BCUT2D eigenvalue weighted by Crippen LogP contribution is 2.17. The summed E-state index contributed by atoms with van der Waals surface area (Å²) in [5.74, 6) is -0.577. The van der Waals surface area contributed by atoms with E-state index in [9.17, 15) is 14.0 Å². The second-order valence-corrected chi connectivity index (χ2v) is 8.98. The van der Waals surface area contributed by atoms with Gasteiger partial charge >= 0.3 is 0 Å². The van der Waals surface area contributed by atoms with Crippen LogP contribution in [-0.4, -0.2) is 28.3 Å². The molecule has 5 heteroatoms. The number of aryl methyl sites for hydroxylation is 2. The molecule has 0 fully saturated rings. The lowest BCUT2D eigenvalue weighted by atomic mass is 10.0. The Kier molecular flexibility index (Phi) is 8.78. The van der Waals surface area contributed by atoms with Crippen molar-refractivity contribution in [1.82, 2.24) is 10.2 Å². The maximum absolute atomic E-state index is 13.3. The van der Waals surface area contributed by atoms with E-state index in [1.165, 1.54) is 17.7 Å². The summed E-state index contributed by atoms with van der Waals surface area (Å²) in [6.07, 6.45) is 2.40. The van der Waals surface area contributed by atoms with Gasteiger partial charge in [0.15, 0.2) is 0 Å². The third-order valence-corrected chi connectivity index (χ3v) is 5.21. The molecular weight excluding hydrogens is 391 g/mol. The number of halogens is 1. The molecule has 0 aromatic heterocycles. The van der Waals surface area contributed by atoms with Gasteiger partial charge in [0.05, 0.1) is 0 Å². The van der Waals surface area contributed by atoms with Gasteiger partial charge in [-0.1, -0.05) is 50.2 Å². The number of nitrogens with one attached hydrogen (secondary N) is 1. The zero-order chi connectivity index (χ0) is 23.0. The summed E-state index contributed by atoms with van der Waals surface area (Å²) in [5, 5.41) is 2.99. The van der Waals surface area contributed by atoms with E-state index in [1.807, 2.05) is 27.7 Å². The molecule has 2 aromatic carbocycles. The van der Waals surface area contributed by atoms with E-state index in [0.717, 1.165) is 17.5 Å². The molecule has 0 saturated heterocycles. The summed E-state index contributed by atoms with van der Waals surface area (Å²) < 4.78 is 13.3. The molecule has 0 aliphatic rings. The standard InChI is InChI=1S/C26H35FN2O2/c1-6-19-8-10-20(11-9-19)14-17-24(30)29(18-21-12-15-22(27)16-13-21)23(7-2)25(31)28-26(3,4)5/h8-13,15-16,23H,6-7,14,17-18H2,1-5H3,(H,28,31). The smallest absolute Gasteiger partial charge is 0.243 e. The second kappa shape index (κ2) is 11.1. The van der Waals surface area contributed by atoms with Gasteiger partial charge in [-0.3, -0.25) is 9.59 Å². The third kappa shape index (κ3) is 7.82. The van der Waals surface area contributed by atoms with Crippen molar-refractivity contribution in [3.05, 3.63) is 71.0 Å². The van der Waals surface area contributed by atoms with E-state index in [1.54, 1.807) is 17.0 Å². The first-order valence-electron chi connectivity index (χ1n) is 11.1. The third-order valence-electron chi connectivity index (χ3n) is 5.21. The molecule has 1 N–H and O–H groups in total. The van der Waals surface area contributed by atoms with Gasteiger partial charge in [-0.05, 0) is 68.9 Å². The minimum atomic E-state index is -0.584. The Balaban J connectivity index is 2.20. The first-order chi connectivity index (χ1) is 14.6. The van der Waals surface area contributed by atoms with Crippen molar-refractivity contribution in [3.63, 3.8) is 0 Å². The fourth-order valence-corrected chi connectivity index (χ4v) is 3.50. The lowest BCUT2D eigenvalue weighted by molar-refractivity contribution is -0.142. The molecular formula is C26H35FN2O2. The molecule has 2 aromatic rings. The van der Waals surface area contributed by atoms with Crippen LogP contribution in [0.5, 0.6) is 0 Å². The molecule has 0 aliphatic heterocycles. The Morgan fingerprint density at radius 1 is 0.935 bits per heavy atom. The van der Waals surface area contributed by atoms with Gasteiger partial charge in [-0.15, -0.1) is 0 Å². The topological polar surface area (TPSA) is 49.4 Å². The first-order valence-corrected chi connectivity index (χ1v) is 11.1. The van der Waals surface area contributed by atoms with Crippen LogP contribution >= 0.6 is 0 Å². The van der Waals surface area contributed by atoms with Crippen LogP contribution < -0.4 is 5.32 Å². The molecule has 2 rings (SSSR count). The van der Waals surface area contributed by atoms with E-state index in [2.05, 4.69) is 36.5 Å². The fourth-order valence-electron chi connectivity index (χ4n) is 3.50. The quantitative estimate of drug-likeness (QED) is 0.610. The lowest BCUT2D eigenvalue weighted by Crippen LogP contribution is -2.53. The van der Waals surface area contributed by atoms with Crippen molar-refractivity contribution in [3.8, 4) is 0 Å². The summed E-state index contributed by atoms with van der Waals surface area (Å²) >= 11 is 0. The monoisotopic (exact) mass is 426 g/mol. The number of rotatable bonds is 9. The fraction of sp³-hybridized carbons (Fsp3) is 0.462. The molecule has 4 nitrogen and oxygen atoms in total. The van der Waals surface area contributed by atoms with Gasteiger partial charge < -0.3 is 10.2 Å². The summed E-state index contributed by atoms with van der Waals surface area (Å²) in [4.78, 5) is 27.8. The number of benzene rings is 2. The van der Waals surface area contributed by atoms with Crippen LogP contribution in [-0.2, 0) is 29.0 Å². The number of carbonyl (C=O) groups is 2. The van der Waals surface area contributed by atoms with Crippen LogP contribution in [0.4, 0.5) is 4.39 Å². The van der Waals surface area contributed by atoms with Crippen LogP contribution in [0.15, 0.2) is 48.5 Å². The molecule has 0 saturated carbocycles. The van der Waals surface area contributed by atoms with Gasteiger partial charge in [0.1, 0.15) is 11.9 Å². The highest BCUT2D eigenvalue weighted by atomic mass is 19.1. The number of amides is 2. The summed E-state index contributed by atoms with van der Waals surface area (Å²) in [6, 6.07) is 13.8. The summed E-state index contributed by atoms with van der Waals surface area (Å²) in [7, 11) is 0. The van der Waals surface area contributed by atoms with Crippen LogP contribution in [0.25, 0.3) is 0 Å². The van der Waals surface area contributed by atoms with Gasteiger partial charge in [0.2, 0.25) is 11.8 Å². The normalized spacial score (nSPS) is 12.3. The first kappa shape index (κ1) is 24.6. The number of carbonyl (C=O) groups excluding carboxylic acids is 2. The number of hydrogen-bond donors (Lipinski definition) is 1. The average molecular weight is 427 g/mol. The Morgan fingerprint density at radius 2 is 1.48 bits per heavy atom. The maximum atomic E-state index is 13.3. The molecule has 31 heavy (non-hydrogen) atoms. The van der Waals surface area contributed by atoms with E-state index in [0.29, 0.717) is 19.3 Å². The van der Waals surface area contributed by atoms with E-state index >= 15 is 0 Å². The zero-order valence-corrected chi connectivity index (χ0v) is 19.4. The van der Waals surface area contributed by atoms with Gasteiger partial charge in [0, 0.05) is 18.5 Å². The van der Waals surface area contributed by atoms with E-state index < -0.39 is 11.6 Å². The summed E-state index contributed by atoms with van der Waals surface area (Å²) in [5.41, 5.74) is 2.76. The van der Waals surface area contributed by atoms with Crippen LogP contribution in [0.3, 0.4) is 0 Å². The van der Waals surface area contributed by atoms with Crippen LogP contribution in [0.2, 0.25) is 0 Å². The van der Waals surface area contributed by atoms with Crippen molar-refractivity contribution >= 4 is 11.8 Å². The van der Waals surface area contributed by atoms with Gasteiger partial charge in [0.25, 0.3) is 0 Å². The molecule has 0 spiro atoms. The van der Waals surface area contributed by atoms with Crippen molar-refractivity contribution in [2.75, 3.05) is 0 Å². The number of nitrogens with zero attached hydrogens (tertiary/aromatic N) is 1. The van der Waals surface area contributed by atoms with E-state index in [-0.39, 0.29) is 24.2 Å². The Hall–Kier alpha value is -2.69. The van der Waals surface area contributed by atoms with Crippen molar-refractivity contribution in [1.29, 1.82) is 0 Å². The minimum absolute atomic E-state index is 0.0835. The Morgan fingerprint density at radius 3 is 2.00 bits per heavy atom. The SMILES string of the molecule is CCc1ccc(CCC(=O)N(Cc2ccc(F)cc2)C(CC)C(=O)NC(C)(C)C)cc1. The number of hydrogen-bond acceptors (Lipinski definition) is 2. The highest BCUT2D eigenvalue weighted by molar-refractivity contribution is 5.88. The van der Waals surface area contributed by atoms with Crippen LogP contribution in [0.1, 0.15) is 64.2 Å². The highest BCUT2D eigenvalue weighted by Gasteiger charge is 2.30. The predicted molar refractivity (Wildman–Crippen MR) is 123 cm³/mol. The average Bonchev–Trinajstić information content (AvgIpc) is 2.72. The lowest BCUT2D eigenvalue weighted by Gasteiger charge is -2.33.